The van der Waals surface area contributed by atoms with E-state index in [1.807, 2.05) is 0 Å². The lowest BCUT2D eigenvalue weighted by atomic mass is 10.1. The fraction of sp³-hybridized carbons (Fsp3) is 0.643. The molecule has 4 aliphatic rings. The van der Waals surface area contributed by atoms with Gasteiger partial charge in [0.15, 0.2) is 51.2 Å². The third kappa shape index (κ3) is 20.8. The summed E-state index contributed by atoms with van der Waals surface area (Å²) >= 11 is 0. The van der Waals surface area contributed by atoms with Crippen LogP contribution in [0.4, 0.5) is 35.1 Å². The van der Waals surface area contributed by atoms with E-state index in [4.69, 9.17) is 54.8 Å². The highest BCUT2D eigenvalue weighted by molar-refractivity contribution is 5.77. The van der Waals surface area contributed by atoms with Crippen molar-refractivity contribution >= 4 is 23.9 Å². The molecule has 0 unspecified atom stereocenters. The molecule has 4 fully saturated rings. The lowest BCUT2D eigenvalue weighted by Gasteiger charge is -2.22. The fourth-order valence-corrected chi connectivity index (χ4v) is 8.49. The van der Waals surface area contributed by atoms with E-state index in [2.05, 4.69) is 14.2 Å². The number of ether oxygens (including phenoxy) is 8. The zero-order chi connectivity index (χ0) is 81.2. The molecule has 8 heterocycles. The number of esters is 4. The van der Waals surface area contributed by atoms with Crippen molar-refractivity contribution < 1.29 is 121 Å². The summed E-state index contributed by atoms with van der Waals surface area (Å²) in [6, 6.07) is -4.49. The first kappa shape index (κ1) is 72.8. The Morgan fingerprint density at radius 3 is 1.00 bits per heavy atom. The van der Waals surface area contributed by atoms with Crippen molar-refractivity contribution in [1.29, 1.82) is 0 Å². The number of aromatic nitrogens is 8. The first-order valence-corrected chi connectivity index (χ1v) is 29.5. The average molecular weight is 1460 g/mol. The Balaban J connectivity index is 0.000000254. The van der Waals surface area contributed by atoms with Crippen LogP contribution in [0.15, 0.2) is 63.1 Å². The predicted octanol–water partition coefficient (Wildman–Crippen LogP) is -3.41. The second-order valence-electron chi connectivity index (χ2n) is 23.9. The molecular formula is C56H76F8N12O24. The maximum Gasteiger partial charge on any atom is 0.330 e. The summed E-state index contributed by atoms with van der Waals surface area (Å²) in [6.07, 6.45) is -19.1. The van der Waals surface area contributed by atoms with Crippen LogP contribution < -0.4 is 67.9 Å². The van der Waals surface area contributed by atoms with Crippen molar-refractivity contribution in [3.05, 3.63) is 131 Å². The Morgan fingerprint density at radius 2 is 0.680 bits per heavy atom. The van der Waals surface area contributed by atoms with Gasteiger partial charge in [0.05, 0.1) is 33.0 Å². The minimum absolute atomic E-state index is 0.0491. The van der Waals surface area contributed by atoms with Crippen LogP contribution in [0.2, 0.25) is 0 Å². The molecule has 0 saturated carbocycles. The zero-order valence-electron chi connectivity index (χ0n) is 59.7. The molecule has 0 spiro atoms. The van der Waals surface area contributed by atoms with Crippen molar-refractivity contribution in [3.8, 4) is 0 Å². The smallest absolute Gasteiger partial charge is 0.330 e. The number of hydrogen-bond donors (Lipinski definition) is 12. The molecule has 4 aromatic rings. The molecule has 4 saturated heterocycles. The summed E-state index contributed by atoms with van der Waals surface area (Å²) in [5, 5.41) is 40.0. The number of rotatable bonds is 20. The van der Waals surface area contributed by atoms with Gasteiger partial charge in [-0.1, -0.05) is 55.4 Å². The van der Waals surface area contributed by atoms with Crippen molar-refractivity contribution in [1.82, 2.24) is 38.2 Å². The zero-order valence-corrected chi connectivity index (χ0v) is 53.7. The van der Waals surface area contributed by atoms with Gasteiger partial charge in [0, 0.05) is 25.7 Å². The Kier molecular flexibility index (Phi) is 24.3. The summed E-state index contributed by atoms with van der Waals surface area (Å²) in [6.45, 7) is 4.11. The molecule has 0 amide bonds. The van der Waals surface area contributed by atoms with E-state index in [-0.39, 0.29) is 27.2 Å². The van der Waals surface area contributed by atoms with Crippen LogP contribution >= 0.6 is 0 Å². The number of nitrogens with zero attached hydrogens (tertiary/aromatic N) is 4. The first-order chi connectivity index (χ1) is 48.4. The standard InChI is InChI=1S/4C14H19F2N3O6/c4*1-6(2)9(17)12(22)24-5-14(16)3-8(20)11(25-14)19-4-7(15)10(21)18-13(19)23/h4*4,6,8-9,11,20H,3,5,17H2,1-2H3,(H,18,21,23)/t4*8-,9+,11-,14+/m1111/s1/i5D2,11D;11D;5D2;. The molecule has 4 aromatic heterocycles. The van der Waals surface area contributed by atoms with E-state index in [0.29, 0.717) is 27.7 Å². The monoisotopic (exact) mass is 1460 g/mol. The molecule has 560 valence electrons. The van der Waals surface area contributed by atoms with Crippen molar-refractivity contribution in [3.63, 3.8) is 0 Å². The third-order valence-electron chi connectivity index (χ3n) is 14.5. The molecule has 100 heavy (non-hydrogen) atoms. The molecule has 8 rings (SSSR count). The summed E-state index contributed by atoms with van der Waals surface area (Å²) in [5.74, 6) is -23.7. The van der Waals surface area contributed by atoms with Crippen molar-refractivity contribution in [2.75, 3.05) is 26.3 Å². The predicted molar refractivity (Wildman–Crippen MR) is 319 cm³/mol. The Bertz CT molecular complexity index is 4400. The highest BCUT2D eigenvalue weighted by Crippen LogP contribution is 2.41. The van der Waals surface area contributed by atoms with Gasteiger partial charge in [0.1, 0.15) is 48.6 Å². The van der Waals surface area contributed by atoms with Gasteiger partial charge >= 0.3 is 46.6 Å². The second kappa shape index (κ2) is 33.4. The normalized spacial score (nSPS) is 30.1. The van der Waals surface area contributed by atoms with E-state index < -0.39 is 253 Å². The van der Waals surface area contributed by atoms with Crippen molar-refractivity contribution in [2.45, 2.75) is 178 Å². The van der Waals surface area contributed by atoms with Crippen LogP contribution in [0.5, 0.6) is 0 Å². The van der Waals surface area contributed by atoms with Gasteiger partial charge in [-0.15, -0.1) is 0 Å². The summed E-state index contributed by atoms with van der Waals surface area (Å²) in [5.41, 5.74) is 11.8. The molecule has 4 aliphatic heterocycles. The van der Waals surface area contributed by atoms with E-state index in [9.17, 15) is 104 Å². The van der Waals surface area contributed by atoms with Crippen LogP contribution in [-0.4, -0.2) is 181 Å². The maximum atomic E-state index is 15.2. The number of nitrogens with one attached hydrogen (secondary N) is 4. The highest BCUT2D eigenvalue weighted by atomic mass is 19.2. The number of aromatic amines is 4. The largest absolute Gasteiger partial charge is 0.458 e. The quantitative estimate of drug-likeness (QED) is 0.0233. The summed E-state index contributed by atoms with van der Waals surface area (Å²) in [4.78, 5) is 145. The van der Waals surface area contributed by atoms with Gasteiger partial charge in [0.25, 0.3) is 22.2 Å². The number of carbonyl (C=O) groups excluding carboxylic acids is 4. The van der Waals surface area contributed by atoms with Gasteiger partial charge in [-0.05, 0) is 23.7 Å². The van der Waals surface area contributed by atoms with Crippen LogP contribution in [0.25, 0.3) is 0 Å². The third-order valence-corrected chi connectivity index (χ3v) is 14.5. The number of alkyl halides is 4. The Labute approximate surface area is 564 Å². The number of aliphatic hydroxyl groups is 4. The Hall–Kier alpha value is -8.44. The average Bonchev–Trinajstić information content (AvgIpc) is 1.57. The number of nitrogens with two attached hydrogens (primary N) is 4. The molecule has 0 aliphatic carbocycles. The molecule has 36 nitrogen and oxygen atoms in total. The number of carbonyl (C=O) groups is 4. The molecule has 0 aromatic carbocycles. The van der Waals surface area contributed by atoms with Crippen LogP contribution in [0, 0.1) is 46.9 Å². The molecule has 0 radical (unpaired) electrons. The number of hydrogen-bond acceptors (Lipinski definition) is 28. The molecule has 0 bridgehead atoms. The van der Waals surface area contributed by atoms with Crippen molar-refractivity contribution in [2.24, 2.45) is 46.6 Å². The van der Waals surface area contributed by atoms with E-state index in [0.717, 1.165) is 0 Å². The highest BCUT2D eigenvalue weighted by Gasteiger charge is 2.53. The molecule has 44 heteroatoms. The summed E-state index contributed by atoms with van der Waals surface area (Å²) < 4.78 is 199. The molecule has 16 N–H and O–H groups in total. The minimum Gasteiger partial charge on any atom is -0.458 e. The topological polar surface area (TPSA) is 547 Å². The number of halogens is 8. The van der Waals surface area contributed by atoms with E-state index >= 15 is 8.78 Å². The van der Waals surface area contributed by atoms with Gasteiger partial charge in [0.2, 0.25) is 46.7 Å². The molecule has 16 atom stereocenters. The van der Waals surface area contributed by atoms with E-state index in [1.54, 1.807) is 56.5 Å². The maximum absolute atomic E-state index is 15.2. The van der Waals surface area contributed by atoms with E-state index in [1.165, 1.54) is 18.8 Å². The molecular weight excluding hydrogens is 1380 g/mol. The van der Waals surface area contributed by atoms with Crippen LogP contribution in [-0.2, 0) is 57.1 Å². The SMILES string of the molecule is CC(C)[C@H](N)C(=O)OC[C@]1(F)C[C@@H](O)[C@H](n2cc(F)c(=O)[nH]c2=O)O1.[2H]C([2H])(OC(=O)[C@@H](N)C(C)C)[C@]1(F)C[C@@H](O)[C@H](n2cc(F)c(=O)[nH]c2=O)O1.[2H]C([2H])(OC(=O)[C@@H](N)C(C)C)[C@]1(F)C[C@@H](O)[C@]([2H])(n2cc(F)c(=O)[nH]c2=O)O1.[2H][C@@]1(n2cc(F)c(=O)[nH]c2=O)O[C@](F)(COC(=O)[C@@H](N)C(C)C)C[C@H]1O. The fourth-order valence-electron chi connectivity index (χ4n) is 8.49. The lowest BCUT2D eigenvalue weighted by Crippen LogP contribution is -2.40. The first-order valence-electron chi connectivity index (χ1n) is 32.5. The number of aliphatic hydroxyl groups excluding tert-OH is 4. The lowest BCUT2D eigenvalue weighted by molar-refractivity contribution is -0.197. The Morgan fingerprint density at radius 1 is 0.450 bits per heavy atom. The van der Waals surface area contributed by atoms with Crippen LogP contribution in [0.1, 0.15) is 114 Å². The summed E-state index contributed by atoms with van der Waals surface area (Å²) in [7, 11) is 0. The van der Waals surface area contributed by atoms with Gasteiger partial charge in [-0.2, -0.15) is 17.6 Å². The number of H-pyrrole nitrogens is 4. The van der Waals surface area contributed by atoms with Gasteiger partial charge < -0.3 is 81.3 Å². The minimum atomic E-state index is -3.59. The van der Waals surface area contributed by atoms with Crippen LogP contribution in [0.3, 0.4) is 0 Å². The van der Waals surface area contributed by atoms with Gasteiger partial charge in [-0.25, -0.2) is 36.7 Å². The second-order valence-corrected chi connectivity index (χ2v) is 23.9. The van der Waals surface area contributed by atoms with Gasteiger partial charge in [-0.3, -0.25) is 76.6 Å².